The summed E-state index contributed by atoms with van der Waals surface area (Å²) in [6.45, 7) is 0.466. The Morgan fingerprint density at radius 1 is 1.35 bits per heavy atom. The number of fused-ring (bicyclic) bond motifs is 1. The molecule has 0 heterocycles. The quantitative estimate of drug-likeness (QED) is 0.480. The molecule has 4 atom stereocenters. The molecule has 2 unspecified atom stereocenters. The lowest BCUT2D eigenvalue weighted by Crippen LogP contribution is -2.06. The van der Waals surface area contributed by atoms with Gasteiger partial charge in [0.1, 0.15) is 0 Å². The lowest BCUT2D eigenvalue weighted by Gasteiger charge is -2.02. The van der Waals surface area contributed by atoms with Gasteiger partial charge in [0.15, 0.2) is 8.50 Å². The molecule has 0 saturated heterocycles. The monoisotopic (exact) mass is 271 g/mol. The van der Waals surface area contributed by atoms with Crippen molar-refractivity contribution in [3.63, 3.8) is 0 Å². The van der Waals surface area contributed by atoms with Crippen LogP contribution in [0.5, 0.6) is 0 Å². The maximum Gasteiger partial charge on any atom is 0.511 e. The van der Waals surface area contributed by atoms with E-state index in [2.05, 4.69) is 11.8 Å². The number of nitrogens with one attached hydrogen (secondary N) is 1. The van der Waals surface area contributed by atoms with Gasteiger partial charge in [-0.15, -0.1) is 11.8 Å². The van der Waals surface area contributed by atoms with E-state index in [0.29, 0.717) is 32.4 Å². The molecule has 0 amide bonds. The van der Waals surface area contributed by atoms with Gasteiger partial charge in [0.05, 0.1) is 14.7 Å². The molecule has 1 N–H and O–H groups in total. The Labute approximate surface area is 104 Å². The fourth-order valence-corrected chi connectivity index (χ4v) is 3.08. The maximum atomic E-state index is 11.1. The van der Waals surface area contributed by atoms with E-state index in [1.54, 1.807) is 0 Å². The first-order valence-electron chi connectivity index (χ1n) is 5.73. The third-order valence-electron chi connectivity index (χ3n) is 3.41. The Balaban J connectivity index is 1.68. The summed E-state index contributed by atoms with van der Waals surface area (Å²) in [5.41, 5.74) is 0. The van der Waals surface area contributed by atoms with Crippen molar-refractivity contribution >= 4 is 22.7 Å². The summed E-state index contributed by atoms with van der Waals surface area (Å²) in [7, 11) is 0.184. The third-order valence-corrected chi connectivity index (χ3v) is 4.30. The molecule has 17 heavy (non-hydrogen) atoms. The highest BCUT2D eigenvalue weighted by molar-refractivity contribution is 8.04. The van der Waals surface area contributed by atoms with E-state index < -0.39 is 6.16 Å². The SMILES string of the molecule is N=PPOC(=O)OCC1[C@H]2CCC#CCC[C@@H]12. The molecule has 1 fully saturated rings. The number of hydrogen-bond donors (Lipinski definition) is 1. The van der Waals surface area contributed by atoms with E-state index in [4.69, 9.17) is 14.4 Å². The molecule has 6 heteroatoms. The summed E-state index contributed by atoms with van der Waals surface area (Å²) in [6.07, 6.45) is 3.59. The summed E-state index contributed by atoms with van der Waals surface area (Å²) >= 11 is 0. The predicted octanol–water partition coefficient (Wildman–Crippen LogP) is 3.80. The zero-order chi connectivity index (χ0) is 12.1. The van der Waals surface area contributed by atoms with Crippen LogP contribution in [0.4, 0.5) is 4.79 Å². The Morgan fingerprint density at radius 3 is 2.59 bits per heavy atom. The van der Waals surface area contributed by atoms with E-state index in [-0.39, 0.29) is 8.50 Å². The van der Waals surface area contributed by atoms with E-state index in [1.165, 1.54) is 0 Å². The van der Waals surface area contributed by atoms with Gasteiger partial charge in [-0.05, 0) is 30.6 Å². The summed E-state index contributed by atoms with van der Waals surface area (Å²) < 4.78 is 9.77. The van der Waals surface area contributed by atoms with Crippen molar-refractivity contribution in [3.05, 3.63) is 0 Å². The summed E-state index contributed by atoms with van der Waals surface area (Å²) in [4.78, 5) is 11.1. The van der Waals surface area contributed by atoms with Gasteiger partial charge in [-0.3, -0.25) is 5.16 Å². The van der Waals surface area contributed by atoms with Crippen molar-refractivity contribution in [1.82, 2.24) is 0 Å². The average molecular weight is 271 g/mol. The minimum atomic E-state index is -0.626. The van der Waals surface area contributed by atoms with E-state index >= 15 is 0 Å². The Hall–Kier alpha value is -0.640. The smallest absolute Gasteiger partial charge is 0.434 e. The Kier molecular flexibility index (Phi) is 4.77. The van der Waals surface area contributed by atoms with Crippen molar-refractivity contribution in [2.45, 2.75) is 25.7 Å². The minimum absolute atomic E-state index is 0.138. The molecule has 92 valence electrons. The summed E-state index contributed by atoms with van der Waals surface area (Å²) in [5, 5.41) is 6.84. The molecule has 0 aromatic rings. The van der Waals surface area contributed by atoms with Crippen LogP contribution in [0, 0.1) is 34.8 Å². The third kappa shape index (κ3) is 3.66. The number of ether oxygens (including phenoxy) is 1. The van der Waals surface area contributed by atoms with Crippen molar-refractivity contribution in [1.29, 1.82) is 5.16 Å². The van der Waals surface area contributed by atoms with Gasteiger partial charge in [0, 0.05) is 12.8 Å². The zero-order valence-electron chi connectivity index (χ0n) is 9.44. The fraction of sp³-hybridized carbons (Fsp3) is 0.727. The topological polar surface area (TPSA) is 59.4 Å². The average Bonchev–Trinajstić information content (AvgIpc) is 2.94. The summed E-state index contributed by atoms with van der Waals surface area (Å²) in [6, 6.07) is 0. The van der Waals surface area contributed by atoms with Gasteiger partial charge in [0.25, 0.3) is 0 Å². The number of carbonyl (C=O) groups excluding carboxylic acids is 1. The number of rotatable bonds is 4. The molecule has 0 aliphatic heterocycles. The molecule has 0 aromatic carbocycles. The first-order valence-corrected chi connectivity index (χ1v) is 8.38. The maximum absolute atomic E-state index is 11.1. The van der Waals surface area contributed by atoms with Gasteiger partial charge in [-0.25, -0.2) is 4.79 Å². The molecular weight excluding hydrogens is 256 g/mol. The molecule has 2 rings (SSSR count). The minimum Gasteiger partial charge on any atom is -0.434 e. The van der Waals surface area contributed by atoms with Crippen LogP contribution in [0.15, 0.2) is 0 Å². The van der Waals surface area contributed by atoms with Crippen LogP contribution in [0.1, 0.15) is 25.7 Å². The highest BCUT2D eigenvalue weighted by Gasteiger charge is 2.49. The van der Waals surface area contributed by atoms with Crippen molar-refractivity contribution < 1.29 is 14.1 Å². The first-order chi connectivity index (χ1) is 8.33. The van der Waals surface area contributed by atoms with Crippen LogP contribution >= 0.6 is 16.6 Å². The Morgan fingerprint density at radius 2 is 2.00 bits per heavy atom. The molecular formula is C11H15NO3P2. The second kappa shape index (κ2) is 6.34. The molecule has 4 nitrogen and oxygen atoms in total. The second-order valence-corrected chi connectivity index (χ2v) is 6.12. The standard InChI is InChI=1S/C11H15NO3P2/c12-16-17-15-11(13)14-7-10-8-5-3-1-2-4-6-9(8)10/h8-10,12,17H,3-7H2/t8-,9+,10?. The molecule has 0 spiro atoms. The van der Waals surface area contributed by atoms with E-state index in [1.807, 2.05) is 0 Å². The van der Waals surface area contributed by atoms with Crippen LogP contribution in [0.25, 0.3) is 0 Å². The van der Waals surface area contributed by atoms with Crippen LogP contribution in [-0.4, -0.2) is 12.8 Å². The lowest BCUT2D eigenvalue weighted by molar-refractivity contribution is 0.0981. The van der Waals surface area contributed by atoms with Crippen molar-refractivity contribution in [3.8, 4) is 11.8 Å². The lowest BCUT2D eigenvalue weighted by atomic mass is 10.1. The Bertz CT molecular complexity index is 345. The van der Waals surface area contributed by atoms with Crippen LogP contribution in [0.2, 0.25) is 0 Å². The molecule has 2 aliphatic rings. The van der Waals surface area contributed by atoms with E-state index in [9.17, 15) is 4.79 Å². The number of carbonyl (C=O) groups is 1. The zero-order valence-corrected chi connectivity index (χ0v) is 11.3. The van der Waals surface area contributed by atoms with Gasteiger partial charge >= 0.3 is 6.16 Å². The fourth-order valence-electron chi connectivity index (χ4n) is 2.54. The van der Waals surface area contributed by atoms with Gasteiger partial charge < -0.3 is 9.26 Å². The molecule has 0 radical (unpaired) electrons. The van der Waals surface area contributed by atoms with Crippen LogP contribution < -0.4 is 0 Å². The van der Waals surface area contributed by atoms with Crippen molar-refractivity contribution in [2.75, 3.05) is 6.61 Å². The first kappa shape index (κ1) is 12.8. The number of hydrogen-bond acceptors (Lipinski definition) is 4. The molecule has 0 bridgehead atoms. The molecule has 2 aliphatic carbocycles. The van der Waals surface area contributed by atoms with E-state index in [0.717, 1.165) is 25.7 Å². The predicted molar refractivity (Wildman–Crippen MR) is 67.1 cm³/mol. The second-order valence-electron chi connectivity index (χ2n) is 4.29. The molecule has 0 aromatic heterocycles. The van der Waals surface area contributed by atoms with Crippen LogP contribution in [0.3, 0.4) is 0 Å². The largest absolute Gasteiger partial charge is 0.511 e. The summed E-state index contributed by atoms with van der Waals surface area (Å²) in [5.74, 6) is 8.19. The van der Waals surface area contributed by atoms with Gasteiger partial charge in [-0.2, -0.15) is 0 Å². The highest BCUT2D eigenvalue weighted by atomic mass is 32.0. The normalized spacial score (nSPS) is 30.9. The van der Waals surface area contributed by atoms with Crippen molar-refractivity contribution in [2.24, 2.45) is 17.8 Å². The molecule has 1 saturated carbocycles. The van der Waals surface area contributed by atoms with Crippen LogP contribution in [-0.2, 0) is 9.26 Å². The van der Waals surface area contributed by atoms with Gasteiger partial charge in [-0.1, -0.05) is 0 Å². The van der Waals surface area contributed by atoms with Gasteiger partial charge in [0.2, 0.25) is 0 Å². The highest BCUT2D eigenvalue weighted by Crippen LogP contribution is 2.52.